The van der Waals surface area contributed by atoms with Gasteiger partial charge in [0.25, 0.3) is 5.56 Å². The number of rotatable bonds is 2. The summed E-state index contributed by atoms with van der Waals surface area (Å²) in [6.45, 7) is 0.218. The molecule has 1 N–H and O–H groups in total. The van der Waals surface area contributed by atoms with Gasteiger partial charge in [0.2, 0.25) is 0 Å². The van der Waals surface area contributed by atoms with E-state index < -0.39 is 17.1 Å². The first kappa shape index (κ1) is 11.6. The lowest BCUT2D eigenvalue weighted by Crippen LogP contribution is -2.28. The third-order valence-electron chi connectivity index (χ3n) is 2.23. The number of aromatic amines is 1. The molecule has 2 rings (SSSR count). The quantitative estimate of drug-likeness (QED) is 0.880. The SMILES string of the molecule is O=c1ccn(Cc2ccc(F)c(Cl)c2)c(=O)[nH]1. The van der Waals surface area contributed by atoms with Crippen LogP contribution >= 0.6 is 11.6 Å². The first-order valence-corrected chi connectivity index (χ1v) is 5.18. The van der Waals surface area contributed by atoms with E-state index in [1.165, 1.54) is 35.0 Å². The monoisotopic (exact) mass is 254 g/mol. The van der Waals surface area contributed by atoms with Crippen molar-refractivity contribution in [1.29, 1.82) is 0 Å². The van der Waals surface area contributed by atoms with Crippen LogP contribution in [0.3, 0.4) is 0 Å². The summed E-state index contributed by atoms with van der Waals surface area (Å²) < 4.78 is 14.2. The maximum absolute atomic E-state index is 12.9. The van der Waals surface area contributed by atoms with E-state index in [0.29, 0.717) is 5.56 Å². The second kappa shape index (κ2) is 4.55. The van der Waals surface area contributed by atoms with Gasteiger partial charge in [-0.05, 0) is 17.7 Å². The van der Waals surface area contributed by atoms with Crippen LogP contribution in [0.1, 0.15) is 5.56 Å². The van der Waals surface area contributed by atoms with Crippen molar-refractivity contribution >= 4 is 11.6 Å². The van der Waals surface area contributed by atoms with Crippen molar-refractivity contribution in [3.8, 4) is 0 Å². The highest BCUT2D eigenvalue weighted by Crippen LogP contribution is 2.16. The summed E-state index contributed by atoms with van der Waals surface area (Å²) in [5.41, 5.74) is -0.299. The largest absolute Gasteiger partial charge is 0.328 e. The lowest BCUT2D eigenvalue weighted by atomic mass is 10.2. The molecule has 1 heterocycles. The molecule has 0 fully saturated rings. The minimum absolute atomic E-state index is 0.0000245. The van der Waals surface area contributed by atoms with Crippen LogP contribution in [0.4, 0.5) is 4.39 Å². The van der Waals surface area contributed by atoms with E-state index in [1.807, 2.05) is 0 Å². The van der Waals surface area contributed by atoms with Gasteiger partial charge in [0.1, 0.15) is 5.82 Å². The summed E-state index contributed by atoms with van der Waals surface area (Å²) in [5.74, 6) is -0.510. The summed E-state index contributed by atoms with van der Waals surface area (Å²) in [5, 5.41) is -0.0000245. The minimum atomic E-state index is -0.516. The summed E-state index contributed by atoms with van der Waals surface area (Å²) in [6, 6.07) is 5.44. The van der Waals surface area contributed by atoms with Gasteiger partial charge in [-0.2, -0.15) is 0 Å². The molecule has 4 nitrogen and oxygen atoms in total. The van der Waals surface area contributed by atoms with Crippen molar-refractivity contribution in [2.24, 2.45) is 0 Å². The summed E-state index contributed by atoms with van der Waals surface area (Å²) in [7, 11) is 0. The zero-order valence-electron chi connectivity index (χ0n) is 8.61. The summed E-state index contributed by atoms with van der Waals surface area (Å²) >= 11 is 5.62. The smallest absolute Gasteiger partial charge is 0.296 e. The van der Waals surface area contributed by atoms with E-state index in [-0.39, 0.29) is 11.6 Å². The average molecular weight is 255 g/mol. The third-order valence-corrected chi connectivity index (χ3v) is 2.52. The van der Waals surface area contributed by atoms with Gasteiger partial charge < -0.3 is 0 Å². The first-order valence-electron chi connectivity index (χ1n) is 4.80. The Balaban J connectivity index is 2.35. The highest BCUT2D eigenvalue weighted by Gasteiger charge is 2.03. The van der Waals surface area contributed by atoms with E-state index in [9.17, 15) is 14.0 Å². The fourth-order valence-electron chi connectivity index (χ4n) is 1.40. The van der Waals surface area contributed by atoms with Crippen LogP contribution in [0.5, 0.6) is 0 Å². The second-order valence-corrected chi connectivity index (χ2v) is 3.89. The van der Waals surface area contributed by atoms with E-state index in [1.54, 1.807) is 0 Å². The molecule has 0 spiro atoms. The highest BCUT2D eigenvalue weighted by atomic mass is 35.5. The Morgan fingerprint density at radius 1 is 1.29 bits per heavy atom. The van der Waals surface area contributed by atoms with E-state index in [2.05, 4.69) is 4.98 Å². The Bertz CT molecular complexity index is 663. The standard InChI is InChI=1S/C11H8ClFN2O2/c12-8-5-7(1-2-9(8)13)6-15-4-3-10(16)14-11(15)17/h1-5H,6H2,(H,14,16,17). The normalized spacial score (nSPS) is 10.5. The molecule has 88 valence electrons. The Hall–Kier alpha value is -1.88. The molecule has 0 saturated carbocycles. The lowest BCUT2D eigenvalue weighted by Gasteiger charge is -2.05. The van der Waals surface area contributed by atoms with Gasteiger partial charge in [-0.25, -0.2) is 9.18 Å². The van der Waals surface area contributed by atoms with E-state index >= 15 is 0 Å². The molecule has 17 heavy (non-hydrogen) atoms. The van der Waals surface area contributed by atoms with E-state index in [4.69, 9.17) is 11.6 Å². The molecule has 0 aliphatic heterocycles. The van der Waals surface area contributed by atoms with Crippen molar-refractivity contribution in [3.63, 3.8) is 0 Å². The average Bonchev–Trinajstić information content (AvgIpc) is 2.27. The number of aromatic nitrogens is 2. The number of nitrogens with zero attached hydrogens (tertiary/aromatic N) is 1. The van der Waals surface area contributed by atoms with Gasteiger partial charge in [-0.3, -0.25) is 14.3 Å². The topological polar surface area (TPSA) is 54.9 Å². The maximum Gasteiger partial charge on any atom is 0.328 e. The Morgan fingerprint density at radius 2 is 2.06 bits per heavy atom. The number of nitrogens with one attached hydrogen (secondary N) is 1. The van der Waals surface area contributed by atoms with Crippen molar-refractivity contribution in [1.82, 2.24) is 9.55 Å². The highest BCUT2D eigenvalue weighted by molar-refractivity contribution is 6.30. The molecule has 0 atom stereocenters. The Morgan fingerprint density at radius 3 is 2.71 bits per heavy atom. The maximum atomic E-state index is 12.9. The Kier molecular flexibility index (Phi) is 3.10. The van der Waals surface area contributed by atoms with Crippen LogP contribution in [-0.4, -0.2) is 9.55 Å². The molecule has 6 heteroatoms. The van der Waals surface area contributed by atoms with Crippen LogP contribution in [0.2, 0.25) is 5.02 Å². The van der Waals surface area contributed by atoms with Crippen molar-refractivity contribution in [2.45, 2.75) is 6.54 Å². The van der Waals surface area contributed by atoms with Crippen LogP contribution in [0, 0.1) is 5.82 Å². The molecule has 0 aliphatic rings. The summed E-state index contributed by atoms with van der Waals surface area (Å²) in [6.07, 6.45) is 1.37. The van der Waals surface area contributed by atoms with E-state index in [0.717, 1.165) is 0 Å². The number of hydrogen-bond acceptors (Lipinski definition) is 2. The molecule has 0 saturated heterocycles. The third kappa shape index (κ3) is 2.62. The lowest BCUT2D eigenvalue weighted by molar-refractivity contribution is 0.626. The molecule has 0 bridgehead atoms. The summed E-state index contributed by atoms with van der Waals surface area (Å²) in [4.78, 5) is 24.4. The zero-order valence-corrected chi connectivity index (χ0v) is 9.37. The van der Waals surface area contributed by atoms with Crippen molar-refractivity contribution in [3.05, 3.63) is 67.7 Å². The number of benzene rings is 1. The molecule has 0 radical (unpaired) electrons. The molecular weight excluding hydrogens is 247 g/mol. The van der Waals surface area contributed by atoms with Crippen molar-refractivity contribution < 1.29 is 4.39 Å². The van der Waals surface area contributed by atoms with Gasteiger partial charge in [0.05, 0.1) is 11.6 Å². The molecule has 0 aliphatic carbocycles. The molecule has 0 amide bonds. The second-order valence-electron chi connectivity index (χ2n) is 3.49. The molecule has 1 aromatic heterocycles. The minimum Gasteiger partial charge on any atom is -0.296 e. The molecule has 2 aromatic rings. The zero-order chi connectivity index (χ0) is 12.4. The van der Waals surface area contributed by atoms with Crippen molar-refractivity contribution in [2.75, 3.05) is 0 Å². The predicted octanol–water partition coefficient (Wildman–Crippen LogP) is 1.38. The predicted molar refractivity (Wildman–Crippen MR) is 61.8 cm³/mol. The molecular formula is C11H8ClFN2O2. The number of halogens is 2. The first-order chi connectivity index (χ1) is 8.06. The van der Waals surface area contributed by atoms with Gasteiger partial charge >= 0.3 is 5.69 Å². The van der Waals surface area contributed by atoms with Crippen LogP contribution in [-0.2, 0) is 6.54 Å². The van der Waals surface area contributed by atoms with Gasteiger partial charge in [0.15, 0.2) is 0 Å². The molecule has 1 aromatic carbocycles. The fourth-order valence-corrected chi connectivity index (χ4v) is 1.61. The van der Waals surface area contributed by atoms with Gasteiger partial charge in [-0.15, -0.1) is 0 Å². The number of H-pyrrole nitrogens is 1. The molecule has 0 unspecified atom stereocenters. The number of hydrogen-bond donors (Lipinski definition) is 1. The van der Waals surface area contributed by atoms with Gasteiger partial charge in [-0.1, -0.05) is 17.7 Å². The Labute approximate surface area is 100 Å². The fraction of sp³-hybridized carbons (Fsp3) is 0.0909. The van der Waals surface area contributed by atoms with Crippen LogP contribution < -0.4 is 11.2 Å². The van der Waals surface area contributed by atoms with Gasteiger partial charge in [0, 0.05) is 12.3 Å². The van der Waals surface area contributed by atoms with Crippen LogP contribution in [0.25, 0.3) is 0 Å². The van der Waals surface area contributed by atoms with Crippen LogP contribution in [0.15, 0.2) is 40.1 Å².